The summed E-state index contributed by atoms with van der Waals surface area (Å²) in [5, 5.41) is 13.3. The van der Waals surface area contributed by atoms with Crippen molar-refractivity contribution in [2.24, 2.45) is 0 Å². The van der Waals surface area contributed by atoms with Gasteiger partial charge in [-0.3, -0.25) is 0 Å². The summed E-state index contributed by atoms with van der Waals surface area (Å²) in [4.78, 5) is 0. The lowest BCUT2D eigenvalue weighted by atomic mass is 9.87. The number of hydrogen-bond acceptors (Lipinski definition) is 2. The van der Waals surface area contributed by atoms with E-state index in [0.29, 0.717) is 11.8 Å². The summed E-state index contributed by atoms with van der Waals surface area (Å²) in [5.41, 5.74) is 3.77. The van der Waals surface area contributed by atoms with Crippen molar-refractivity contribution in [3.63, 3.8) is 0 Å². The zero-order valence-electron chi connectivity index (χ0n) is 10.6. The van der Waals surface area contributed by atoms with E-state index < -0.39 is 0 Å². The number of para-hydroxylation sites is 1. The fourth-order valence-corrected chi connectivity index (χ4v) is 3.25. The zero-order valence-corrected chi connectivity index (χ0v) is 12.7. The number of benzene rings is 2. The first kappa shape index (κ1) is 12.8. The lowest BCUT2D eigenvalue weighted by Crippen LogP contribution is -2.17. The van der Waals surface area contributed by atoms with Gasteiger partial charge in [0.2, 0.25) is 0 Å². The Kier molecular flexibility index (Phi) is 3.64. The third kappa shape index (κ3) is 2.71. The van der Waals surface area contributed by atoms with Crippen molar-refractivity contribution in [2.45, 2.75) is 25.3 Å². The van der Waals surface area contributed by atoms with Gasteiger partial charge in [0, 0.05) is 9.26 Å². The van der Waals surface area contributed by atoms with E-state index in [4.69, 9.17) is 0 Å². The van der Waals surface area contributed by atoms with Crippen LogP contribution in [0, 0.1) is 3.57 Å². The summed E-state index contributed by atoms with van der Waals surface area (Å²) < 4.78 is 1.23. The molecule has 0 spiro atoms. The van der Waals surface area contributed by atoms with Crippen LogP contribution in [0.15, 0.2) is 42.5 Å². The summed E-state index contributed by atoms with van der Waals surface area (Å²) in [6.07, 6.45) is 3.42. The number of anilines is 1. The molecule has 0 radical (unpaired) electrons. The SMILES string of the molecule is Oc1ccc2c(c1)C(Nc1ccccc1I)CCC2. The standard InChI is InChI=1S/C16H16INO/c17-14-5-1-2-6-16(14)18-15-7-3-4-11-8-9-12(19)10-13(11)15/h1-2,5-6,8-10,15,18-19H,3-4,7H2. The highest BCUT2D eigenvalue weighted by atomic mass is 127. The van der Waals surface area contributed by atoms with Gasteiger partial charge >= 0.3 is 0 Å². The number of nitrogens with one attached hydrogen (secondary N) is 1. The number of aromatic hydroxyl groups is 1. The number of halogens is 1. The van der Waals surface area contributed by atoms with E-state index in [1.54, 1.807) is 6.07 Å². The molecule has 98 valence electrons. The summed E-state index contributed by atoms with van der Waals surface area (Å²) in [7, 11) is 0. The maximum absolute atomic E-state index is 9.70. The number of fused-ring (bicyclic) bond motifs is 1. The third-order valence-electron chi connectivity index (χ3n) is 3.65. The minimum absolute atomic E-state index is 0.298. The topological polar surface area (TPSA) is 32.3 Å². The lowest BCUT2D eigenvalue weighted by molar-refractivity contribution is 0.471. The number of hydrogen-bond donors (Lipinski definition) is 2. The molecule has 2 N–H and O–H groups in total. The number of rotatable bonds is 2. The predicted molar refractivity (Wildman–Crippen MR) is 86.6 cm³/mol. The van der Waals surface area contributed by atoms with Gasteiger partial charge in [-0.25, -0.2) is 0 Å². The van der Waals surface area contributed by atoms with Crippen LogP contribution in [-0.2, 0) is 6.42 Å². The van der Waals surface area contributed by atoms with Crippen molar-refractivity contribution in [1.29, 1.82) is 0 Å². The minimum atomic E-state index is 0.298. The van der Waals surface area contributed by atoms with Crippen LogP contribution in [0.1, 0.15) is 30.0 Å². The smallest absolute Gasteiger partial charge is 0.115 e. The van der Waals surface area contributed by atoms with Crippen molar-refractivity contribution < 1.29 is 5.11 Å². The molecule has 0 aliphatic heterocycles. The second-order valence-corrected chi connectivity index (χ2v) is 6.11. The van der Waals surface area contributed by atoms with Crippen LogP contribution in [0.2, 0.25) is 0 Å². The van der Waals surface area contributed by atoms with Crippen LogP contribution < -0.4 is 5.32 Å². The van der Waals surface area contributed by atoms with Crippen LogP contribution in [0.3, 0.4) is 0 Å². The van der Waals surface area contributed by atoms with E-state index in [0.717, 1.165) is 12.8 Å². The second kappa shape index (κ2) is 5.41. The molecule has 0 saturated heterocycles. The highest BCUT2D eigenvalue weighted by Gasteiger charge is 2.20. The van der Waals surface area contributed by atoms with Crippen molar-refractivity contribution >= 4 is 28.3 Å². The summed E-state index contributed by atoms with van der Waals surface area (Å²) in [6.45, 7) is 0. The molecule has 0 aromatic heterocycles. The average molecular weight is 365 g/mol. The molecule has 19 heavy (non-hydrogen) atoms. The van der Waals surface area contributed by atoms with E-state index >= 15 is 0 Å². The highest BCUT2D eigenvalue weighted by molar-refractivity contribution is 14.1. The normalized spacial score (nSPS) is 17.8. The maximum Gasteiger partial charge on any atom is 0.115 e. The predicted octanol–water partition coefficient (Wildman–Crippen LogP) is 4.49. The van der Waals surface area contributed by atoms with E-state index in [2.05, 4.69) is 52.2 Å². The average Bonchev–Trinajstić information content (AvgIpc) is 2.42. The molecule has 0 saturated carbocycles. The number of phenols is 1. The molecule has 2 aromatic rings. The lowest BCUT2D eigenvalue weighted by Gasteiger charge is -2.27. The van der Waals surface area contributed by atoms with Crippen molar-refractivity contribution in [1.82, 2.24) is 0 Å². The largest absolute Gasteiger partial charge is 0.508 e. The molecule has 0 heterocycles. The van der Waals surface area contributed by atoms with Crippen LogP contribution in [-0.4, -0.2) is 5.11 Å². The molecule has 3 heteroatoms. The molecular formula is C16H16INO. The molecule has 1 atom stereocenters. The van der Waals surface area contributed by atoms with Gasteiger partial charge in [-0.05, 0) is 77.2 Å². The van der Waals surface area contributed by atoms with Crippen LogP contribution in [0.5, 0.6) is 5.75 Å². The van der Waals surface area contributed by atoms with Gasteiger partial charge in [-0.15, -0.1) is 0 Å². The molecule has 2 nitrogen and oxygen atoms in total. The van der Waals surface area contributed by atoms with Crippen molar-refractivity contribution in [3.05, 3.63) is 57.2 Å². The molecule has 1 aliphatic rings. The van der Waals surface area contributed by atoms with Gasteiger partial charge < -0.3 is 10.4 Å². The van der Waals surface area contributed by atoms with Gasteiger partial charge in [0.15, 0.2) is 0 Å². The monoisotopic (exact) mass is 365 g/mol. The van der Waals surface area contributed by atoms with Gasteiger partial charge in [-0.2, -0.15) is 0 Å². The molecule has 0 bridgehead atoms. The van der Waals surface area contributed by atoms with Crippen LogP contribution >= 0.6 is 22.6 Å². The molecular weight excluding hydrogens is 349 g/mol. The molecule has 1 unspecified atom stereocenters. The fourth-order valence-electron chi connectivity index (χ4n) is 2.70. The van der Waals surface area contributed by atoms with E-state index in [-0.39, 0.29) is 0 Å². The van der Waals surface area contributed by atoms with E-state index in [9.17, 15) is 5.11 Å². The third-order valence-corrected chi connectivity index (χ3v) is 4.59. The van der Waals surface area contributed by atoms with Crippen LogP contribution in [0.4, 0.5) is 5.69 Å². The molecule has 2 aromatic carbocycles. The number of aryl methyl sites for hydroxylation is 1. The van der Waals surface area contributed by atoms with Gasteiger partial charge in [0.1, 0.15) is 5.75 Å². The fraction of sp³-hybridized carbons (Fsp3) is 0.250. The Morgan fingerprint density at radius 1 is 1.16 bits per heavy atom. The van der Waals surface area contributed by atoms with Gasteiger partial charge in [-0.1, -0.05) is 18.2 Å². The molecule has 1 aliphatic carbocycles. The Balaban J connectivity index is 1.92. The Hall–Kier alpha value is -1.23. The summed E-state index contributed by atoms with van der Waals surface area (Å²) in [6, 6.07) is 14.4. The first-order valence-corrected chi connectivity index (χ1v) is 7.65. The van der Waals surface area contributed by atoms with E-state index in [1.807, 2.05) is 12.1 Å². The molecule has 3 rings (SSSR count). The summed E-state index contributed by atoms with van der Waals surface area (Å²) in [5.74, 6) is 0.357. The quantitative estimate of drug-likeness (QED) is 0.769. The van der Waals surface area contributed by atoms with Gasteiger partial charge in [0.05, 0.1) is 6.04 Å². The maximum atomic E-state index is 9.70. The Morgan fingerprint density at radius 2 is 2.00 bits per heavy atom. The first-order chi connectivity index (χ1) is 9.24. The molecule has 0 amide bonds. The van der Waals surface area contributed by atoms with E-state index in [1.165, 1.54) is 26.8 Å². The Bertz CT molecular complexity index is 597. The minimum Gasteiger partial charge on any atom is -0.508 e. The molecule has 0 fully saturated rings. The summed E-state index contributed by atoms with van der Waals surface area (Å²) >= 11 is 2.35. The highest BCUT2D eigenvalue weighted by Crippen LogP contribution is 2.35. The van der Waals surface area contributed by atoms with Crippen LogP contribution in [0.25, 0.3) is 0 Å². The number of phenolic OH excluding ortho intramolecular Hbond substituents is 1. The van der Waals surface area contributed by atoms with Gasteiger partial charge in [0.25, 0.3) is 0 Å². The zero-order chi connectivity index (χ0) is 13.2. The Morgan fingerprint density at radius 3 is 2.84 bits per heavy atom. The second-order valence-electron chi connectivity index (χ2n) is 4.95. The van der Waals surface area contributed by atoms with Crippen molar-refractivity contribution in [2.75, 3.05) is 5.32 Å². The van der Waals surface area contributed by atoms with Crippen molar-refractivity contribution in [3.8, 4) is 5.75 Å². The Labute approximate surface area is 127 Å². The first-order valence-electron chi connectivity index (χ1n) is 6.57.